The maximum atomic E-state index is 11.4. The molecule has 0 fully saturated rings. The van der Waals surface area contributed by atoms with E-state index >= 15 is 0 Å². The second-order valence-electron chi connectivity index (χ2n) is 3.46. The summed E-state index contributed by atoms with van der Waals surface area (Å²) in [4.78, 5) is 14.7. The molecule has 5 heteroatoms. The molecule has 0 aliphatic rings. The fourth-order valence-corrected chi connectivity index (χ4v) is 1.41. The van der Waals surface area contributed by atoms with Crippen molar-refractivity contribution in [3.05, 3.63) is 47.4 Å². The largest absolute Gasteiger partial charge is 0.461 e. The minimum absolute atomic E-state index is 0.140. The number of nitrogens with zero attached hydrogens (tertiary/aromatic N) is 2. The highest BCUT2D eigenvalue weighted by atomic mass is 16.5. The molecule has 1 aromatic carbocycles. The maximum absolute atomic E-state index is 11.4. The molecule has 0 atom stereocenters. The molecule has 90 valence electrons. The Morgan fingerprint density at radius 1 is 1.44 bits per heavy atom. The summed E-state index contributed by atoms with van der Waals surface area (Å²) in [7, 11) is 0. The van der Waals surface area contributed by atoms with E-state index in [1.165, 1.54) is 6.07 Å². The summed E-state index contributed by atoms with van der Waals surface area (Å²) in [5.74, 6) is -0.0418. The van der Waals surface area contributed by atoms with Crippen LogP contribution in [0.2, 0.25) is 0 Å². The van der Waals surface area contributed by atoms with Crippen LogP contribution in [-0.2, 0) is 4.74 Å². The molecular formula is C13H10N2O3. The highest BCUT2D eigenvalue weighted by molar-refractivity contribution is 5.88. The van der Waals surface area contributed by atoms with E-state index in [1.807, 2.05) is 0 Å². The Morgan fingerprint density at radius 3 is 2.78 bits per heavy atom. The molecule has 5 nitrogen and oxygen atoms in total. The Labute approximate surface area is 104 Å². The molecule has 0 radical (unpaired) electrons. The molecule has 2 rings (SSSR count). The standard InChI is InChI=1S/C13H10N2O3/c1-3-17-13(16)11-8-12(18-15-11)9-4-6-10(14-2)7-5-9/h4-8H,3H2,1H3. The molecule has 0 bridgehead atoms. The van der Waals surface area contributed by atoms with Crippen LogP contribution in [0.3, 0.4) is 0 Å². The summed E-state index contributed by atoms with van der Waals surface area (Å²) >= 11 is 0. The number of hydrogen-bond donors (Lipinski definition) is 0. The Morgan fingerprint density at radius 2 is 2.17 bits per heavy atom. The van der Waals surface area contributed by atoms with Gasteiger partial charge in [0.1, 0.15) is 0 Å². The fraction of sp³-hybridized carbons (Fsp3) is 0.154. The van der Waals surface area contributed by atoms with E-state index in [0.717, 1.165) is 5.56 Å². The van der Waals surface area contributed by atoms with Crippen LogP contribution in [0.25, 0.3) is 16.2 Å². The van der Waals surface area contributed by atoms with Crippen LogP contribution in [-0.4, -0.2) is 17.7 Å². The number of benzene rings is 1. The Bertz CT molecular complexity index is 593. The monoisotopic (exact) mass is 242 g/mol. The van der Waals surface area contributed by atoms with Crippen LogP contribution in [0, 0.1) is 6.57 Å². The average Bonchev–Trinajstić information content (AvgIpc) is 2.89. The molecule has 0 aliphatic carbocycles. The van der Waals surface area contributed by atoms with Gasteiger partial charge in [-0.3, -0.25) is 0 Å². The third-order valence-electron chi connectivity index (χ3n) is 2.28. The summed E-state index contributed by atoms with van der Waals surface area (Å²) < 4.78 is 9.88. The molecule has 1 aromatic heterocycles. The van der Waals surface area contributed by atoms with Crippen LogP contribution in [0.15, 0.2) is 34.9 Å². The first-order chi connectivity index (χ1) is 8.74. The zero-order chi connectivity index (χ0) is 13.0. The Kier molecular flexibility index (Phi) is 3.39. The SMILES string of the molecule is [C-]#[N+]c1ccc(-c2cc(C(=O)OCC)no2)cc1. The Hall–Kier alpha value is -2.61. The summed E-state index contributed by atoms with van der Waals surface area (Å²) in [6, 6.07) is 8.35. The van der Waals surface area contributed by atoms with Gasteiger partial charge in [-0.15, -0.1) is 0 Å². The number of hydrogen-bond acceptors (Lipinski definition) is 4. The van der Waals surface area contributed by atoms with Crippen LogP contribution in [0.1, 0.15) is 17.4 Å². The predicted molar refractivity (Wildman–Crippen MR) is 64.2 cm³/mol. The maximum Gasteiger partial charge on any atom is 0.360 e. The third kappa shape index (κ3) is 2.38. The highest BCUT2D eigenvalue weighted by Crippen LogP contribution is 2.23. The summed E-state index contributed by atoms with van der Waals surface area (Å²) in [5, 5.41) is 3.64. The Balaban J connectivity index is 2.24. The second-order valence-corrected chi connectivity index (χ2v) is 3.46. The lowest BCUT2D eigenvalue weighted by Crippen LogP contribution is -2.04. The van der Waals surface area contributed by atoms with Crippen molar-refractivity contribution in [3.63, 3.8) is 0 Å². The molecule has 0 amide bonds. The van der Waals surface area contributed by atoms with Gasteiger partial charge in [0.25, 0.3) is 0 Å². The van der Waals surface area contributed by atoms with Crippen molar-refractivity contribution >= 4 is 11.7 Å². The van der Waals surface area contributed by atoms with E-state index < -0.39 is 5.97 Å². The molecule has 0 saturated carbocycles. The van der Waals surface area contributed by atoms with Crippen LogP contribution < -0.4 is 0 Å². The van der Waals surface area contributed by atoms with Gasteiger partial charge >= 0.3 is 5.97 Å². The molecule has 1 heterocycles. The lowest BCUT2D eigenvalue weighted by molar-refractivity contribution is 0.0514. The van der Waals surface area contributed by atoms with Gasteiger partial charge in [0.05, 0.1) is 13.2 Å². The molecule has 0 N–H and O–H groups in total. The summed E-state index contributed by atoms with van der Waals surface area (Å²) in [6.45, 7) is 8.87. The molecule has 18 heavy (non-hydrogen) atoms. The van der Waals surface area contributed by atoms with E-state index in [-0.39, 0.29) is 5.69 Å². The van der Waals surface area contributed by atoms with Gasteiger partial charge in [-0.05, 0) is 6.92 Å². The van der Waals surface area contributed by atoms with Crippen LogP contribution in [0.4, 0.5) is 5.69 Å². The second kappa shape index (κ2) is 5.15. The number of rotatable bonds is 3. The van der Waals surface area contributed by atoms with Crippen molar-refractivity contribution < 1.29 is 14.1 Å². The zero-order valence-electron chi connectivity index (χ0n) is 9.71. The van der Waals surface area contributed by atoms with Crippen molar-refractivity contribution in [2.45, 2.75) is 6.92 Å². The van der Waals surface area contributed by atoms with Crippen molar-refractivity contribution in [3.8, 4) is 11.3 Å². The number of carbonyl (C=O) groups excluding carboxylic acids is 1. The number of carbonyl (C=O) groups is 1. The normalized spacial score (nSPS) is 9.78. The first kappa shape index (κ1) is 11.9. The molecule has 0 unspecified atom stereocenters. The average molecular weight is 242 g/mol. The minimum Gasteiger partial charge on any atom is -0.461 e. The fourth-order valence-electron chi connectivity index (χ4n) is 1.41. The molecule has 2 aromatic rings. The molecule has 0 spiro atoms. The minimum atomic E-state index is -0.509. The van der Waals surface area contributed by atoms with Gasteiger partial charge in [-0.1, -0.05) is 29.4 Å². The van der Waals surface area contributed by atoms with Gasteiger partial charge in [-0.2, -0.15) is 0 Å². The predicted octanol–water partition coefficient (Wildman–Crippen LogP) is 3.07. The quantitative estimate of drug-likeness (QED) is 0.613. The van der Waals surface area contributed by atoms with Crippen molar-refractivity contribution in [1.82, 2.24) is 5.16 Å². The lowest BCUT2D eigenvalue weighted by Gasteiger charge is -1.95. The highest BCUT2D eigenvalue weighted by Gasteiger charge is 2.14. The number of aromatic nitrogens is 1. The van der Waals surface area contributed by atoms with E-state index in [4.69, 9.17) is 15.8 Å². The summed E-state index contributed by atoms with van der Waals surface area (Å²) in [5.41, 5.74) is 1.44. The van der Waals surface area contributed by atoms with Crippen LogP contribution >= 0.6 is 0 Å². The molecular weight excluding hydrogens is 232 g/mol. The smallest absolute Gasteiger partial charge is 0.360 e. The van der Waals surface area contributed by atoms with Gasteiger partial charge in [0.15, 0.2) is 17.1 Å². The van der Waals surface area contributed by atoms with E-state index in [0.29, 0.717) is 18.1 Å². The van der Waals surface area contributed by atoms with Gasteiger partial charge in [-0.25, -0.2) is 9.64 Å². The van der Waals surface area contributed by atoms with Gasteiger partial charge in [0.2, 0.25) is 0 Å². The first-order valence-electron chi connectivity index (χ1n) is 5.36. The van der Waals surface area contributed by atoms with Crippen molar-refractivity contribution in [1.29, 1.82) is 0 Å². The van der Waals surface area contributed by atoms with E-state index in [9.17, 15) is 4.79 Å². The third-order valence-corrected chi connectivity index (χ3v) is 2.28. The topological polar surface area (TPSA) is 56.7 Å². The summed E-state index contributed by atoms with van der Waals surface area (Å²) in [6.07, 6.45) is 0. The number of ether oxygens (including phenoxy) is 1. The van der Waals surface area contributed by atoms with Crippen molar-refractivity contribution in [2.75, 3.05) is 6.61 Å². The zero-order valence-corrected chi connectivity index (χ0v) is 9.71. The van der Waals surface area contributed by atoms with E-state index in [2.05, 4.69) is 10.0 Å². The lowest BCUT2D eigenvalue weighted by atomic mass is 10.1. The van der Waals surface area contributed by atoms with E-state index in [1.54, 1.807) is 31.2 Å². The van der Waals surface area contributed by atoms with Crippen LogP contribution in [0.5, 0.6) is 0 Å². The van der Waals surface area contributed by atoms with Gasteiger partial charge < -0.3 is 9.26 Å². The first-order valence-corrected chi connectivity index (χ1v) is 5.36. The molecule has 0 saturated heterocycles. The molecule has 0 aliphatic heterocycles. The number of esters is 1. The van der Waals surface area contributed by atoms with Gasteiger partial charge in [0, 0.05) is 11.6 Å². The van der Waals surface area contributed by atoms with Crippen molar-refractivity contribution in [2.24, 2.45) is 0 Å².